The number of hydrogen-bond donors (Lipinski definition) is 1. The molecule has 0 saturated heterocycles. The van der Waals surface area contributed by atoms with Crippen LogP contribution in [0.2, 0.25) is 0 Å². The standard InChI is InChI=1S/C20H20N2O4S/c1-3-10-25-20(24)15-11-14(21-13(2)23)8-9-17(15)26-12-19-22-16-6-4-5-7-18(16)27-19/h4-9,11H,3,10,12H2,1-2H3,(H,21,23). The highest BCUT2D eigenvalue weighted by Gasteiger charge is 2.16. The molecule has 3 rings (SSSR count). The van der Waals surface area contributed by atoms with E-state index >= 15 is 0 Å². The van der Waals surface area contributed by atoms with E-state index in [0.29, 0.717) is 18.0 Å². The maximum Gasteiger partial charge on any atom is 0.341 e. The zero-order chi connectivity index (χ0) is 19.2. The third-order valence-electron chi connectivity index (χ3n) is 3.65. The lowest BCUT2D eigenvalue weighted by atomic mass is 10.1. The fourth-order valence-corrected chi connectivity index (χ4v) is 3.37. The molecule has 0 fully saturated rings. The summed E-state index contributed by atoms with van der Waals surface area (Å²) >= 11 is 1.55. The Morgan fingerprint density at radius 1 is 1.19 bits per heavy atom. The second-order valence-corrected chi connectivity index (χ2v) is 7.01. The Kier molecular flexibility index (Phi) is 6.03. The Bertz CT molecular complexity index is 935. The minimum Gasteiger partial charge on any atom is -0.486 e. The molecule has 0 radical (unpaired) electrons. The molecule has 0 spiro atoms. The summed E-state index contributed by atoms with van der Waals surface area (Å²) in [6, 6.07) is 12.8. The predicted octanol–water partition coefficient (Wildman–Crippen LogP) is 4.40. The summed E-state index contributed by atoms with van der Waals surface area (Å²) in [6.45, 7) is 3.89. The first-order chi connectivity index (χ1) is 13.1. The van der Waals surface area contributed by atoms with E-state index in [1.165, 1.54) is 6.92 Å². The van der Waals surface area contributed by atoms with Crippen LogP contribution < -0.4 is 10.1 Å². The monoisotopic (exact) mass is 384 g/mol. The quantitative estimate of drug-likeness (QED) is 0.611. The molecule has 0 aliphatic carbocycles. The van der Waals surface area contributed by atoms with Gasteiger partial charge in [0.25, 0.3) is 0 Å². The number of para-hydroxylation sites is 1. The van der Waals surface area contributed by atoms with E-state index in [4.69, 9.17) is 9.47 Å². The minimum absolute atomic E-state index is 0.217. The van der Waals surface area contributed by atoms with E-state index < -0.39 is 5.97 Å². The fraction of sp³-hybridized carbons (Fsp3) is 0.250. The third kappa shape index (κ3) is 4.83. The molecule has 0 aliphatic heterocycles. The first-order valence-corrected chi connectivity index (χ1v) is 9.44. The van der Waals surface area contributed by atoms with Crippen LogP contribution in [0.1, 0.15) is 35.6 Å². The number of esters is 1. The number of anilines is 1. The molecule has 2 aromatic carbocycles. The Morgan fingerprint density at radius 3 is 2.74 bits per heavy atom. The van der Waals surface area contributed by atoms with Crippen molar-refractivity contribution in [1.82, 2.24) is 4.98 Å². The van der Waals surface area contributed by atoms with Crippen LogP contribution >= 0.6 is 11.3 Å². The van der Waals surface area contributed by atoms with Crippen LogP contribution in [0.5, 0.6) is 5.75 Å². The predicted molar refractivity (Wildman–Crippen MR) is 105 cm³/mol. The molecular weight excluding hydrogens is 364 g/mol. The van der Waals surface area contributed by atoms with Gasteiger partial charge in [-0.15, -0.1) is 11.3 Å². The number of amides is 1. The molecule has 6 nitrogen and oxygen atoms in total. The Hall–Kier alpha value is -2.93. The lowest BCUT2D eigenvalue weighted by Gasteiger charge is -2.12. The van der Waals surface area contributed by atoms with Crippen molar-refractivity contribution in [2.24, 2.45) is 0 Å². The number of ether oxygens (including phenoxy) is 2. The molecule has 1 amide bonds. The topological polar surface area (TPSA) is 77.5 Å². The van der Waals surface area contributed by atoms with Gasteiger partial charge in [0.05, 0.1) is 16.8 Å². The van der Waals surface area contributed by atoms with Gasteiger partial charge in [-0.3, -0.25) is 4.79 Å². The van der Waals surface area contributed by atoms with Gasteiger partial charge in [0.2, 0.25) is 5.91 Å². The number of thiazole rings is 1. The maximum absolute atomic E-state index is 12.4. The molecule has 3 aromatic rings. The van der Waals surface area contributed by atoms with Gasteiger partial charge in [-0.2, -0.15) is 0 Å². The molecule has 0 atom stereocenters. The highest BCUT2D eigenvalue weighted by Crippen LogP contribution is 2.27. The molecule has 0 bridgehead atoms. The minimum atomic E-state index is -0.483. The van der Waals surface area contributed by atoms with Crippen LogP contribution in [-0.2, 0) is 16.1 Å². The number of fused-ring (bicyclic) bond motifs is 1. The van der Waals surface area contributed by atoms with E-state index in [9.17, 15) is 9.59 Å². The van der Waals surface area contributed by atoms with Gasteiger partial charge in [-0.1, -0.05) is 19.1 Å². The lowest BCUT2D eigenvalue weighted by Crippen LogP contribution is -2.11. The molecule has 1 heterocycles. The number of carbonyl (C=O) groups excluding carboxylic acids is 2. The second-order valence-electron chi connectivity index (χ2n) is 5.89. The van der Waals surface area contributed by atoms with Gasteiger partial charge in [-0.25, -0.2) is 9.78 Å². The number of nitrogens with one attached hydrogen (secondary N) is 1. The number of nitrogens with zero attached hydrogens (tertiary/aromatic N) is 1. The average Bonchev–Trinajstić information content (AvgIpc) is 3.07. The van der Waals surface area contributed by atoms with E-state index in [0.717, 1.165) is 21.6 Å². The smallest absolute Gasteiger partial charge is 0.341 e. The van der Waals surface area contributed by atoms with Crippen molar-refractivity contribution in [3.05, 3.63) is 53.0 Å². The number of hydrogen-bond acceptors (Lipinski definition) is 6. The van der Waals surface area contributed by atoms with Crippen molar-refractivity contribution in [3.8, 4) is 5.75 Å². The van der Waals surface area contributed by atoms with E-state index in [-0.39, 0.29) is 18.1 Å². The van der Waals surface area contributed by atoms with Crippen molar-refractivity contribution < 1.29 is 19.1 Å². The lowest BCUT2D eigenvalue weighted by molar-refractivity contribution is -0.114. The van der Waals surface area contributed by atoms with Crippen molar-refractivity contribution in [1.29, 1.82) is 0 Å². The molecule has 0 saturated carbocycles. The first-order valence-electron chi connectivity index (χ1n) is 8.63. The molecule has 0 aliphatic rings. The molecule has 27 heavy (non-hydrogen) atoms. The number of aromatic nitrogens is 1. The van der Waals surface area contributed by atoms with Gasteiger partial charge in [0, 0.05) is 12.6 Å². The largest absolute Gasteiger partial charge is 0.486 e. The first kappa shape index (κ1) is 18.8. The molecular formula is C20H20N2O4S. The zero-order valence-electron chi connectivity index (χ0n) is 15.2. The van der Waals surface area contributed by atoms with Crippen molar-refractivity contribution >= 4 is 39.1 Å². The highest BCUT2D eigenvalue weighted by molar-refractivity contribution is 7.18. The van der Waals surface area contributed by atoms with Gasteiger partial charge < -0.3 is 14.8 Å². The summed E-state index contributed by atoms with van der Waals surface area (Å²) in [5.41, 5.74) is 1.71. The molecule has 1 N–H and O–H groups in total. The maximum atomic E-state index is 12.4. The van der Waals surface area contributed by atoms with Crippen molar-refractivity contribution in [3.63, 3.8) is 0 Å². The molecule has 140 valence electrons. The fourth-order valence-electron chi connectivity index (χ4n) is 2.49. The van der Waals surface area contributed by atoms with Gasteiger partial charge >= 0.3 is 5.97 Å². The van der Waals surface area contributed by atoms with Gasteiger partial charge in [0.15, 0.2) is 0 Å². The summed E-state index contributed by atoms with van der Waals surface area (Å²) in [4.78, 5) is 28.2. The van der Waals surface area contributed by atoms with Crippen LogP contribution in [0, 0.1) is 0 Å². The van der Waals surface area contributed by atoms with E-state index in [1.54, 1.807) is 29.5 Å². The van der Waals surface area contributed by atoms with Crippen molar-refractivity contribution in [2.45, 2.75) is 26.9 Å². The molecule has 1 aromatic heterocycles. The normalized spacial score (nSPS) is 10.6. The summed E-state index contributed by atoms with van der Waals surface area (Å²) in [6.07, 6.45) is 0.721. The van der Waals surface area contributed by atoms with Crippen LogP contribution in [0.15, 0.2) is 42.5 Å². The number of rotatable bonds is 7. The molecule has 7 heteroatoms. The van der Waals surface area contributed by atoms with Crippen LogP contribution in [0.4, 0.5) is 5.69 Å². The average molecular weight is 384 g/mol. The van der Waals surface area contributed by atoms with Gasteiger partial charge in [0.1, 0.15) is 22.9 Å². The Balaban J connectivity index is 1.81. The van der Waals surface area contributed by atoms with Crippen LogP contribution in [-0.4, -0.2) is 23.5 Å². The number of benzene rings is 2. The molecule has 0 unspecified atom stereocenters. The van der Waals surface area contributed by atoms with Crippen molar-refractivity contribution in [2.75, 3.05) is 11.9 Å². The van der Waals surface area contributed by atoms with Crippen LogP contribution in [0.3, 0.4) is 0 Å². The number of carbonyl (C=O) groups is 2. The highest BCUT2D eigenvalue weighted by atomic mass is 32.1. The summed E-state index contributed by atoms with van der Waals surface area (Å²) in [5.74, 6) is -0.307. The summed E-state index contributed by atoms with van der Waals surface area (Å²) in [5, 5.41) is 3.48. The Labute approximate surface area is 161 Å². The second kappa shape index (κ2) is 8.64. The third-order valence-corrected chi connectivity index (χ3v) is 4.66. The Morgan fingerprint density at radius 2 is 2.00 bits per heavy atom. The van der Waals surface area contributed by atoms with Gasteiger partial charge in [-0.05, 0) is 36.8 Å². The van der Waals surface area contributed by atoms with Crippen LogP contribution in [0.25, 0.3) is 10.2 Å². The SMILES string of the molecule is CCCOC(=O)c1cc(NC(C)=O)ccc1OCc1nc2ccccc2s1. The summed E-state index contributed by atoms with van der Waals surface area (Å²) < 4.78 is 12.2. The zero-order valence-corrected chi connectivity index (χ0v) is 16.0. The van der Waals surface area contributed by atoms with E-state index in [2.05, 4.69) is 10.3 Å². The summed E-state index contributed by atoms with van der Waals surface area (Å²) in [7, 11) is 0. The van der Waals surface area contributed by atoms with E-state index in [1.807, 2.05) is 31.2 Å².